The second-order valence-electron chi connectivity index (χ2n) is 7.96. The summed E-state index contributed by atoms with van der Waals surface area (Å²) in [6.07, 6.45) is -0.401. The maximum absolute atomic E-state index is 12.1. The Morgan fingerprint density at radius 3 is 2.13 bits per heavy atom. The number of ether oxygens (including phenoxy) is 6. The van der Waals surface area contributed by atoms with Crippen molar-refractivity contribution in [3.8, 4) is 0 Å². The predicted molar refractivity (Wildman–Crippen MR) is 139 cm³/mol. The van der Waals surface area contributed by atoms with Gasteiger partial charge in [0, 0.05) is 18.5 Å². The monoisotopic (exact) mass is 552 g/mol. The molecule has 1 aromatic heterocycles. The van der Waals surface area contributed by atoms with E-state index in [4.69, 9.17) is 28.1 Å². The smallest absolute Gasteiger partial charge is 0.407 e. The summed E-state index contributed by atoms with van der Waals surface area (Å²) in [7, 11) is 1.33. The standard InChI is InChI=1S/C26H36N2O11/c1-3-27-24(30)21-17-20-5-4-19(16-22(20)39-25(21)31)18-38-26(32)28-7-9-35-11-13-37-15-14-36-12-10-34-8-6-23(29)33-2/h4-5,16-17H,3,6-15,18H2,1-2H3,(H,27,30)(H,28,32). The molecule has 0 aliphatic carbocycles. The molecule has 2 amide bonds. The SMILES string of the molecule is CCNC(=O)c1cc2ccc(COC(=O)NCCOCCOCCOCCOCCC(=O)OC)cc2oc1=O. The summed E-state index contributed by atoms with van der Waals surface area (Å²) >= 11 is 0. The zero-order valence-corrected chi connectivity index (χ0v) is 22.3. The summed E-state index contributed by atoms with van der Waals surface area (Å²) in [5.74, 6) is -0.805. The predicted octanol–water partition coefficient (Wildman–Crippen LogP) is 1.40. The second-order valence-corrected chi connectivity index (χ2v) is 7.96. The summed E-state index contributed by atoms with van der Waals surface area (Å²) in [4.78, 5) is 46.9. The van der Waals surface area contributed by atoms with E-state index >= 15 is 0 Å². The average Bonchev–Trinajstić information content (AvgIpc) is 2.93. The van der Waals surface area contributed by atoms with Crippen LogP contribution in [-0.2, 0) is 39.8 Å². The van der Waals surface area contributed by atoms with E-state index in [-0.39, 0.29) is 37.7 Å². The molecule has 216 valence electrons. The van der Waals surface area contributed by atoms with Gasteiger partial charge in [-0.1, -0.05) is 12.1 Å². The third kappa shape index (κ3) is 12.7. The number of fused-ring (bicyclic) bond motifs is 1. The molecule has 0 saturated heterocycles. The highest BCUT2D eigenvalue weighted by Crippen LogP contribution is 2.16. The largest absolute Gasteiger partial charge is 0.469 e. The Kier molecular flexibility index (Phi) is 15.2. The highest BCUT2D eigenvalue weighted by Gasteiger charge is 2.13. The normalized spacial score (nSPS) is 10.8. The van der Waals surface area contributed by atoms with Crippen molar-refractivity contribution in [2.24, 2.45) is 0 Å². The van der Waals surface area contributed by atoms with Gasteiger partial charge in [-0.25, -0.2) is 9.59 Å². The average molecular weight is 553 g/mol. The lowest BCUT2D eigenvalue weighted by Crippen LogP contribution is -2.28. The number of esters is 1. The first-order valence-corrected chi connectivity index (χ1v) is 12.6. The van der Waals surface area contributed by atoms with E-state index in [2.05, 4.69) is 15.4 Å². The number of benzene rings is 1. The zero-order valence-electron chi connectivity index (χ0n) is 22.3. The Bertz CT molecular complexity index is 1100. The van der Waals surface area contributed by atoms with Crippen molar-refractivity contribution in [1.82, 2.24) is 10.6 Å². The molecule has 0 atom stereocenters. The van der Waals surface area contributed by atoms with Gasteiger partial charge in [-0.2, -0.15) is 0 Å². The van der Waals surface area contributed by atoms with Crippen molar-refractivity contribution in [3.63, 3.8) is 0 Å². The van der Waals surface area contributed by atoms with E-state index in [9.17, 15) is 19.2 Å². The number of hydrogen-bond acceptors (Lipinski definition) is 11. The molecule has 13 heteroatoms. The third-order valence-electron chi connectivity index (χ3n) is 5.06. The van der Waals surface area contributed by atoms with Gasteiger partial charge < -0.3 is 43.5 Å². The summed E-state index contributed by atoms with van der Waals surface area (Å²) in [6, 6.07) is 6.45. The molecule has 0 aliphatic heterocycles. The molecule has 0 radical (unpaired) electrons. The van der Waals surface area contributed by atoms with E-state index in [0.29, 0.717) is 69.3 Å². The number of nitrogens with one attached hydrogen (secondary N) is 2. The van der Waals surface area contributed by atoms with Gasteiger partial charge in [0.15, 0.2) is 0 Å². The van der Waals surface area contributed by atoms with Gasteiger partial charge >= 0.3 is 17.7 Å². The van der Waals surface area contributed by atoms with Crippen LogP contribution in [0.5, 0.6) is 0 Å². The first-order valence-electron chi connectivity index (χ1n) is 12.6. The lowest BCUT2D eigenvalue weighted by Gasteiger charge is -2.09. The molecule has 0 bridgehead atoms. The van der Waals surface area contributed by atoms with Crippen LogP contribution >= 0.6 is 0 Å². The summed E-state index contributed by atoms with van der Waals surface area (Å²) in [5, 5.41) is 5.72. The van der Waals surface area contributed by atoms with Gasteiger partial charge in [0.2, 0.25) is 0 Å². The van der Waals surface area contributed by atoms with Crippen LogP contribution in [0.3, 0.4) is 0 Å². The molecule has 2 rings (SSSR count). The van der Waals surface area contributed by atoms with Crippen molar-refractivity contribution >= 4 is 28.9 Å². The Morgan fingerprint density at radius 1 is 0.846 bits per heavy atom. The van der Waals surface area contributed by atoms with E-state index < -0.39 is 17.6 Å². The molecule has 0 unspecified atom stereocenters. The molecular weight excluding hydrogens is 516 g/mol. The molecule has 1 aromatic carbocycles. The Balaban J connectivity index is 1.49. The van der Waals surface area contributed by atoms with Crippen LogP contribution in [0, 0.1) is 0 Å². The topological polar surface area (TPSA) is 161 Å². The fourth-order valence-electron chi connectivity index (χ4n) is 3.10. The maximum atomic E-state index is 12.1. The number of alkyl carbamates (subject to hydrolysis) is 1. The van der Waals surface area contributed by atoms with Crippen LogP contribution in [0.4, 0.5) is 4.79 Å². The van der Waals surface area contributed by atoms with Crippen LogP contribution in [0.1, 0.15) is 29.3 Å². The Labute approximate surface area is 226 Å². The highest BCUT2D eigenvalue weighted by atomic mass is 16.6. The van der Waals surface area contributed by atoms with Gasteiger partial charge in [-0.3, -0.25) is 9.59 Å². The molecule has 1 heterocycles. The van der Waals surface area contributed by atoms with E-state index in [1.807, 2.05) is 0 Å². The van der Waals surface area contributed by atoms with Crippen molar-refractivity contribution in [3.05, 3.63) is 45.8 Å². The molecule has 2 aromatic rings. The number of carbonyl (C=O) groups is 3. The lowest BCUT2D eigenvalue weighted by molar-refractivity contribution is -0.141. The summed E-state index contributed by atoms with van der Waals surface area (Å²) in [5.41, 5.74) is 0.106. The minimum absolute atomic E-state index is 0.0278. The van der Waals surface area contributed by atoms with Gasteiger partial charge in [0.05, 0.1) is 66.4 Å². The molecule has 0 fully saturated rings. The second kappa shape index (κ2) is 18.7. The number of carbonyl (C=O) groups excluding carboxylic acids is 3. The van der Waals surface area contributed by atoms with Crippen LogP contribution in [0.25, 0.3) is 11.0 Å². The number of rotatable bonds is 19. The van der Waals surface area contributed by atoms with E-state index in [1.54, 1.807) is 25.1 Å². The molecule has 0 saturated carbocycles. The van der Waals surface area contributed by atoms with Crippen LogP contribution in [0.2, 0.25) is 0 Å². The Hall–Kier alpha value is -3.52. The molecular formula is C26H36N2O11. The third-order valence-corrected chi connectivity index (χ3v) is 5.06. The highest BCUT2D eigenvalue weighted by molar-refractivity contribution is 5.96. The van der Waals surface area contributed by atoms with Gasteiger partial charge in [0.1, 0.15) is 17.8 Å². The van der Waals surface area contributed by atoms with Crippen molar-refractivity contribution < 1.29 is 47.2 Å². The van der Waals surface area contributed by atoms with Crippen molar-refractivity contribution in [2.75, 3.05) is 73.1 Å². The molecule has 0 aliphatic rings. The number of amides is 2. The van der Waals surface area contributed by atoms with Gasteiger partial charge in [-0.15, -0.1) is 0 Å². The van der Waals surface area contributed by atoms with Crippen molar-refractivity contribution in [2.45, 2.75) is 20.0 Å². The van der Waals surface area contributed by atoms with Crippen LogP contribution < -0.4 is 16.3 Å². The fourth-order valence-corrected chi connectivity index (χ4v) is 3.10. The van der Waals surface area contributed by atoms with E-state index in [1.165, 1.54) is 13.2 Å². The molecule has 0 spiro atoms. The number of methoxy groups -OCH3 is 1. The minimum atomic E-state index is -0.737. The molecule has 2 N–H and O–H groups in total. The van der Waals surface area contributed by atoms with Gasteiger partial charge in [-0.05, 0) is 24.6 Å². The van der Waals surface area contributed by atoms with Crippen molar-refractivity contribution in [1.29, 1.82) is 0 Å². The molecule has 39 heavy (non-hydrogen) atoms. The van der Waals surface area contributed by atoms with Crippen LogP contribution in [0.15, 0.2) is 33.5 Å². The minimum Gasteiger partial charge on any atom is -0.469 e. The first kappa shape index (κ1) is 31.7. The molecule has 13 nitrogen and oxygen atoms in total. The maximum Gasteiger partial charge on any atom is 0.407 e. The summed E-state index contributed by atoms with van der Waals surface area (Å²) in [6.45, 7) is 5.31. The Morgan fingerprint density at radius 2 is 1.49 bits per heavy atom. The van der Waals surface area contributed by atoms with Gasteiger partial charge in [0.25, 0.3) is 5.91 Å². The first-order chi connectivity index (χ1) is 18.9. The summed E-state index contributed by atoms with van der Waals surface area (Å²) < 4.78 is 36.3. The fraction of sp³-hybridized carbons (Fsp3) is 0.538. The van der Waals surface area contributed by atoms with E-state index in [0.717, 1.165) is 0 Å². The quantitative estimate of drug-likeness (QED) is 0.147. The van der Waals surface area contributed by atoms with Crippen LogP contribution in [-0.4, -0.2) is 91.0 Å². The zero-order chi connectivity index (χ0) is 28.3. The number of hydrogen-bond donors (Lipinski definition) is 2. The lowest BCUT2D eigenvalue weighted by atomic mass is 10.1.